The zero-order valence-electron chi connectivity index (χ0n) is 13.1. The van der Waals surface area contributed by atoms with Crippen molar-refractivity contribution in [1.29, 1.82) is 0 Å². The average Bonchev–Trinajstić information content (AvgIpc) is 2.55. The van der Waals surface area contributed by atoms with Crippen molar-refractivity contribution < 1.29 is 8.42 Å². The Kier molecular flexibility index (Phi) is 4.05. The molecule has 0 bridgehead atoms. The average molecular weight is 326 g/mol. The molecule has 0 radical (unpaired) electrons. The number of fused-ring (bicyclic) bond motifs is 1. The highest BCUT2D eigenvalue weighted by Gasteiger charge is 2.26. The molecule has 118 valence electrons. The number of sulfonamides is 1. The number of hydrogen-bond acceptors (Lipinski definition) is 3. The van der Waals surface area contributed by atoms with Gasteiger partial charge in [-0.3, -0.25) is 9.29 Å². The molecular weight excluding hydrogens is 308 g/mol. The van der Waals surface area contributed by atoms with E-state index < -0.39 is 10.0 Å². The van der Waals surface area contributed by atoms with Crippen molar-refractivity contribution in [3.63, 3.8) is 0 Å². The summed E-state index contributed by atoms with van der Waals surface area (Å²) in [6, 6.07) is 16.3. The fourth-order valence-electron chi connectivity index (χ4n) is 2.66. The molecule has 0 amide bonds. The molecule has 1 heterocycles. The standard InChI is InChI=1S/C18H18N2O2S/c1-3-20(16-9-5-4-6-10-16)23(21,22)17-11-7-8-15-12-14(2)13-19-18(15)17/h4-13H,3H2,1-2H3. The van der Waals surface area contributed by atoms with Crippen molar-refractivity contribution in [1.82, 2.24) is 4.98 Å². The Hall–Kier alpha value is -2.40. The van der Waals surface area contributed by atoms with Crippen LogP contribution in [0.3, 0.4) is 0 Å². The first kappa shape index (κ1) is 15.5. The fraction of sp³-hybridized carbons (Fsp3) is 0.167. The Labute approximate surface area is 136 Å². The maximum Gasteiger partial charge on any atom is 0.266 e. The van der Waals surface area contributed by atoms with Crippen LogP contribution in [0.1, 0.15) is 12.5 Å². The molecule has 0 aliphatic heterocycles. The molecule has 0 aliphatic carbocycles. The summed E-state index contributed by atoms with van der Waals surface area (Å²) in [5.41, 5.74) is 2.16. The van der Waals surface area contributed by atoms with Crippen LogP contribution in [0, 0.1) is 6.92 Å². The minimum atomic E-state index is -3.67. The lowest BCUT2D eigenvalue weighted by Crippen LogP contribution is -2.31. The Morgan fingerprint density at radius 1 is 1.04 bits per heavy atom. The normalized spacial score (nSPS) is 11.6. The van der Waals surface area contributed by atoms with E-state index in [1.54, 1.807) is 30.5 Å². The third kappa shape index (κ3) is 2.80. The van der Waals surface area contributed by atoms with Gasteiger partial charge >= 0.3 is 0 Å². The Balaban J connectivity index is 2.20. The van der Waals surface area contributed by atoms with E-state index in [9.17, 15) is 8.42 Å². The lowest BCUT2D eigenvalue weighted by molar-refractivity contribution is 0.592. The Morgan fingerprint density at radius 3 is 2.48 bits per heavy atom. The van der Waals surface area contributed by atoms with Gasteiger partial charge in [-0.1, -0.05) is 30.3 Å². The zero-order valence-corrected chi connectivity index (χ0v) is 13.9. The Bertz CT molecular complexity index is 938. The lowest BCUT2D eigenvalue weighted by Gasteiger charge is -2.23. The van der Waals surface area contributed by atoms with E-state index in [2.05, 4.69) is 4.98 Å². The number of pyridine rings is 1. The van der Waals surface area contributed by atoms with Gasteiger partial charge in [-0.25, -0.2) is 8.42 Å². The first-order valence-electron chi connectivity index (χ1n) is 7.47. The van der Waals surface area contributed by atoms with Crippen molar-refractivity contribution in [3.8, 4) is 0 Å². The van der Waals surface area contributed by atoms with Gasteiger partial charge in [0.2, 0.25) is 0 Å². The molecule has 3 rings (SSSR count). The van der Waals surface area contributed by atoms with E-state index in [0.717, 1.165) is 10.9 Å². The molecule has 3 aromatic rings. The van der Waals surface area contributed by atoms with Crippen LogP contribution in [0.15, 0.2) is 65.7 Å². The van der Waals surface area contributed by atoms with Gasteiger partial charge in [-0.05, 0) is 43.7 Å². The van der Waals surface area contributed by atoms with E-state index >= 15 is 0 Å². The van der Waals surface area contributed by atoms with Crippen molar-refractivity contribution in [2.45, 2.75) is 18.7 Å². The molecule has 0 spiro atoms. The first-order valence-corrected chi connectivity index (χ1v) is 8.91. The van der Waals surface area contributed by atoms with E-state index in [-0.39, 0.29) is 4.90 Å². The molecule has 4 nitrogen and oxygen atoms in total. The van der Waals surface area contributed by atoms with Crippen molar-refractivity contribution in [2.75, 3.05) is 10.8 Å². The highest BCUT2D eigenvalue weighted by atomic mass is 32.2. The number of hydrogen-bond donors (Lipinski definition) is 0. The molecule has 0 fully saturated rings. The van der Waals surface area contributed by atoms with Crippen LogP contribution in [-0.4, -0.2) is 19.9 Å². The molecule has 0 saturated carbocycles. The van der Waals surface area contributed by atoms with Gasteiger partial charge in [0.25, 0.3) is 10.0 Å². The van der Waals surface area contributed by atoms with Crippen molar-refractivity contribution in [3.05, 3.63) is 66.4 Å². The van der Waals surface area contributed by atoms with Crippen molar-refractivity contribution in [2.24, 2.45) is 0 Å². The highest BCUT2D eigenvalue weighted by molar-refractivity contribution is 7.93. The summed E-state index contributed by atoms with van der Waals surface area (Å²) in [5, 5.41) is 0.829. The molecule has 2 aromatic carbocycles. The second kappa shape index (κ2) is 6.01. The van der Waals surface area contributed by atoms with E-state index in [1.807, 2.05) is 44.2 Å². The first-order chi connectivity index (χ1) is 11.0. The monoisotopic (exact) mass is 326 g/mol. The van der Waals surface area contributed by atoms with Crippen LogP contribution in [-0.2, 0) is 10.0 Å². The number of aromatic nitrogens is 1. The number of aryl methyl sites for hydroxylation is 1. The third-order valence-electron chi connectivity index (χ3n) is 3.71. The van der Waals surface area contributed by atoms with Crippen LogP contribution < -0.4 is 4.31 Å². The molecule has 0 atom stereocenters. The minimum absolute atomic E-state index is 0.237. The van der Waals surface area contributed by atoms with Crippen LogP contribution in [0.25, 0.3) is 10.9 Å². The van der Waals surface area contributed by atoms with Gasteiger partial charge in [0.05, 0.1) is 11.2 Å². The van der Waals surface area contributed by atoms with Gasteiger partial charge in [-0.2, -0.15) is 0 Å². The smallest absolute Gasteiger partial charge is 0.266 e. The van der Waals surface area contributed by atoms with Crippen LogP contribution in [0.5, 0.6) is 0 Å². The Morgan fingerprint density at radius 2 is 1.78 bits per heavy atom. The predicted molar refractivity (Wildman–Crippen MR) is 93.1 cm³/mol. The van der Waals surface area contributed by atoms with Crippen LogP contribution in [0.2, 0.25) is 0 Å². The van der Waals surface area contributed by atoms with Gasteiger partial charge in [0, 0.05) is 18.1 Å². The van der Waals surface area contributed by atoms with E-state index in [1.165, 1.54) is 4.31 Å². The maximum atomic E-state index is 13.1. The summed E-state index contributed by atoms with van der Waals surface area (Å²) in [6.45, 7) is 4.12. The molecule has 0 unspecified atom stereocenters. The number of benzene rings is 2. The predicted octanol–water partition coefficient (Wildman–Crippen LogP) is 3.76. The second-order valence-electron chi connectivity index (χ2n) is 5.35. The molecule has 1 aromatic heterocycles. The highest BCUT2D eigenvalue weighted by Crippen LogP contribution is 2.28. The molecule has 5 heteroatoms. The van der Waals surface area contributed by atoms with Gasteiger partial charge in [-0.15, -0.1) is 0 Å². The lowest BCUT2D eigenvalue weighted by atomic mass is 10.2. The molecule has 23 heavy (non-hydrogen) atoms. The van der Waals surface area contributed by atoms with Crippen LogP contribution in [0.4, 0.5) is 5.69 Å². The fourth-order valence-corrected chi connectivity index (χ4v) is 4.30. The number of nitrogens with zero attached hydrogens (tertiary/aromatic N) is 2. The molecule has 0 aliphatic rings. The van der Waals surface area contributed by atoms with Gasteiger partial charge in [0.1, 0.15) is 4.90 Å². The van der Waals surface area contributed by atoms with Gasteiger partial charge in [0.15, 0.2) is 0 Å². The molecule has 0 saturated heterocycles. The third-order valence-corrected chi connectivity index (χ3v) is 5.64. The van der Waals surface area contributed by atoms with E-state index in [4.69, 9.17) is 0 Å². The van der Waals surface area contributed by atoms with Gasteiger partial charge < -0.3 is 0 Å². The number of anilines is 1. The number of para-hydroxylation sites is 2. The zero-order chi connectivity index (χ0) is 16.4. The topological polar surface area (TPSA) is 50.3 Å². The maximum absolute atomic E-state index is 13.1. The largest absolute Gasteiger partial charge is 0.267 e. The second-order valence-corrected chi connectivity index (χ2v) is 7.18. The molecular formula is C18H18N2O2S. The number of rotatable bonds is 4. The van der Waals surface area contributed by atoms with E-state index in [0.29, 0.717) is 17.7 Å². The van der Waals surface area contributed by atoms with Crippen LogP contribution >= 0.6 is 0 Å². The minimum Gasteiger partial charge on any atom is -0.267 e. The summed E-state index contributed by atoms with van der Waals surface area (Å²) in [5.74, 6) is 0. The SMILES string of the molecule is CCN(c1ccccc1)S(=O)(=O)c1cccc2cc(C)cnc12. The summed E-state index contributed by atoms with van der Waals surface area (Å²) in [6.07, 6.45) is 1.69. The quantitative estimate of drug-likeness (QED) is 0.733. The summed E-state index contributed by atoms with van der Waals surface area (Å²) in [4.78, 5) is 4.59. The summed E-state index contributed by atoms with van der Waals surface area (Å²) in [7, 11) is -3.67. The molecule has 0 N–H and O–H groups in total. The van der Waals surface area contributed by atoms with Crippen molar-refractivity contribution >= 4 is 26.6 Å². The summed E-state index contributed by atoms with van der Waals surface area (Å²) < 4.78 is 27.7. The summed E-state index contributed by atoms with van der Waals surface area (Å²) >= 11 is 0.